The molecule has 0 aliphatic carbocycles. The average molecular weight is 341 g/mol. The van der Waals surface area contributed by atoms with Gasteiger partial charge in [0.15, 0.2) is 5.76 Å². The van der Waals surface area contributed by atoms with Crippen LogP contribution in [0.3, 0.4) is 0 Å². The topological polar surface area (TPSA) is 58.8 Å². The number of likely N-dealkylation sites (tertiary alicyclic amines) is 2. The summed E-state index contributed by atoms with van der Waals surface area (Å²) >= 11 is 0. The van der Waals surface area contributed by atoms with Crippen molar-refractivity contribution in [1.29, 1.82) is 0 Å². The fourth-order valence-electron chi connectivity index (χ4n) is 3.99. The van der Waals surface area contributed by atoms with Crippen LogP contribution in [0.4, 0.5) is 0 Å². The molecule has 6 nitrogen and oxygen atoms in total. The molecule has 2 aliphatic heterocycles. The van der Waals surface area contributed by atoms with E-state index in [-0.39, 0.29) is 18.1 Å². The average Bonchev–Trinajstić information content (AvgIpc) is 3.17. The normalized spacial score (nSPS) is 24.9. The van der Waals surface area contributed by atoms with Crippen LogP contribution in [-0.2, 0) is 4.74 Å². The SMILES string of the molecule is COC1CN(C2CCN(C(=O)c3ccco3)CC2)C1c1cccnc1. The summed E-state index contributed by atoms with van der Waals surface area (Å²) in [5.41, 5.74) is 1.20. The number of pyridine rings is 1. The van der Waals surface area contributed by atoms with Crippen molar-refractivity contribution in [2.24, 2.45) is 0 Å². The molecule has 6 heteroatoms. The number of ether oxygens (including phenoxy) is 1. The number of hydrogen-bond acceptors (Lipinski definition) is 5. The molecular weight excluding hydrogens is 318 g/mol. The van der Waals surface area contributed by atoms with E-state index in [0.29, 0.717) is 11.8 Å². The number of nitrogens with zero attached hydrogens (tertiary/aromatic N) is 3. The second kappa shape index (κ2) is 6.98. The van der Waals surface area contributed by atoms with Crippen LogP contribution >= 0.6 is 0 Å². The third-order valence-corrected chi connectivity index (χ3v) is 5.38. The van der Waals surface area contributed by atoms with Crippen LogP contribution in [0.1, 0.15) is 35.0 Å². The molecular formula is C19H23N3O3. The first-order chi connectivity index (χ1) is 12.3. The van der Waals surface area contributed by atoms with Crippen molar-refractivity contribution in [2.45, 2.75) is 31.0 Å². The maximum atomic E-state index is 12.4. The highest BCUT2D eigenvalue weighted by Crippen LogP contribution is 2.39. The van der Waals surface area contributed by atoms with Crippen LogP contribution < -0.4 is 0 Å². The number of carbonyl (C=O) groups excluding carboxylic acids is 1. The lowest BCUT2D eigenvalue weighted by Crippen LogP contribution is -2.60. The van der Waals surface area contributed by atoms with Gasteiger partial charge in [-0.25, -0.2) is 0 Å². The molecule has 4 rings (SSSR count). The van der Waals surface area contributed by atoms with E-state index in [2.05, 4.69) is 16.0 Å². The number of carbonyl (C=O) groups is 1. The molecule has 0 bridgehead atoms. The maximum absolute atomic E-state index is 12.4. The minimum absolute atomic E-state index is 0.00867. The van der Waals surface area contributed by atoms with Crippen molar-refractivity contribution in [1.82, 2.24) is 14.8 Å². The first-order valence-corrected chi connectivity index (χ1v) is 8.79. The van der Waals surface area contributed by atoms with Gasteiger partial charge in [0.2, 0.25) is 0 Å². The number of rotatable bonds is 4. The van der Waals surface area contributed by atoms with Gasteiger partial charge in [0, 0.05) is 45.2 Å². The van der Waals surface area contributed by atoms with Gasteiger partial charge in [-0.3, -0.25) is 14.7 Å². The quantitative estimate of drug-likeness (QED) is 0.854. The lowest BCUT2D eigenvalue weighted by Gasteiger charge is -2.52. The van der Waals surface area contributed by atoms with Gasteiger partial charge in [-0.15, -0.1) is 0 Å². The molecule has 4 heterocycles. The number of furan rings is 1. The number of aromatic nitrogens is 1. The Morgan fingerprint density at radius 2 is 2.12 bits per heavy atom. The fourth-order valence-corrected chi connectivity index (χ4v) is 3.99. The van der Waals surface area contributed by atoms with Crippen molar-refractivity contribution in [3.8, 4) is 0 Å². The highest BCUT2D eigenvalue weighted by atomic mass is 16.5. The van der Waals surface area contributed by atoms with Crippen molar-refractivity contribution in [3.63, 3.8) is 0 Å². The number of piperidine rings is 1. The van der Waals surface area contributed by atoms with E-state index in [0.717, 1.165) is 32.5 Å². The van der Waals surface area contributed by atoms with Crippen molar-refractivity contribution < 1.29 is 13.9 Å². The standard InChI is InChI=1S/C19H23N3O3/c1-24-17-13-22(18(17)14-4-2-8-20-12-14)15-6-9-21(10-7-15)19(23)16-5-3-11-25-16/h2-5,8,11-12,15,17-18H,6-7,9-10,13H2,1H3. The molecule has 2 aliphatic rings. The molecule has 2 atom stereocenters. The van der Waals surface area contributed by atoms with Gasteiger partial charge in [-0.2, -0.15) is 0 Å². The van der Waals surface area contributed by atoms with Crippen LogP contribution in [0.5, 0.6) is 0 Å². The van der Waals surface area contributed by atoms with Gasteiger partial charge in [0.05, 0.1) is 18.4 Å². The smallest absolute Gasteiger partial charge is 0.289 e. The lowest BCUT2D eigenvalue weighted by molar-refractivity contribution is -0.115. The Labute approximate surface area is 147 Å². The van der Waals surface area contributed by atoms with Gasteiger partial charge in [0.25, 0.3) is 5.91 Å². The second-order valence-electron chi connectivity index (χ2n) is 6.70. The Morgan fingerprint density at radius 3 is 2.76 bits per heavy atom. The third kappa shape index (κ3) is 3.07. The minimum atomic E-state index is -0.00867. The molecule has 2 unspecified atom stereocenters. The molecule has 25 heavy (non-hydrogen) atoms. The van der Waals surface area contributed by atoms with E-state index in [4.69, 9.17) is 9.15 Å². The molecule has 2 aromatic heterocycles. The number of amides is 1. The van der Waals surface area contributed by atoms with Gasteiger partial charge in [-0.05, 0) is 36.6 Å². The molecule has 0 radical (unpaired) electrons. The highest BCUT2D eigenvalue weighted by molar-refractivity contribution is 5.91. The van der Waals surface area contributed by atoms with Crippen LogP contribution in [-0.4, -0.2) is 59.6 Å². The monoisotopic (exact) mass is 341 g/mol. The fraction of sp³-hybridized carbons (Fsp3) is 0.474. The summed E-state index contributed by atoms with van der Waals surface area (Å²) in [6, 6.07) is 8.30. The zero-order valence-electron chi connectivity index (χ0n) is 14.4. The van der Waals surface area contributed by atoms with Crippen molar-refractivity contribution in [2.75, 3.05) is 26.7 Å². The molecule has 132 valence electrons. The van der Waals surface area contributed by atoms with E-state index >= 15 is 0 Å². The van der Waals surface area contributed by atoms with Crippen molar-refractivity contribution in [3.05, 3.63) is 54.2 Å². The highest BCUT2D eigenvalue weighted by Gasteiger charge is 2.44. The predicted octanol–water partition coefficient (Wildman–Crippen LogP) is 2.35. The number of methoxy groups -OCH3 is 1. The zero-order chi connectivity index (χ0) is 17.2. The van der Waals surface area contributed by atoms with E-state index in [1.165, 1.54) is 5.56 Å². The first-order valence-electron chi connectivity index (χ1n) is 8.79. The van der Waals surface area contributed by atoms with Gasteiger partial charge in [-0.1, -0.05) is 6.07 Å². The molecule has 1 amide bonds. The maximum Gasteiger partial charge on any atom is 0.289 e. The Hall–Kier alpha value is -2.18. The minimum Gasteiger partial charge on any atom is -0.459 e. The first kappa shape index (κ1) is 16.3. The Balaban J connectivity index is 1.40. The van der Waals surface area contributed by atoms with Crippen LogP contribution in [0.25, 0.3) is 0 Å². The molecule has 0 aromatic carbocycles. The summed E-state index contributed by atoms with van der Waals surface area (Å²) < 4.78 is 10.9. The van der Waals surface area contributed by atoms with E-state index in [9.17, 15) is 4.79 Å². The Morgan fingerprint density at radius 1 is 1.28 bits per heavy atom. The molecule has 0 N–H and O–H groups in total. The summed E-state index contributed by atoms with van der Waals surface area (Å²) in [5.74, 6) is 0.417. The van der Waals surface area contributed by atoms with E-state index in [1.54, 1.807) is 31.7 Å². The summed E-state index contributed by atoms with van der Waals surface area (Å²) in [6.45, 7) is 2.46. The zero-order valence-corrected chi connectivity index (χ0v) is 14.4. The summed E-state index contributed by atoms with van der Waals surface area (Å²) in [7, 11) is 1.77. The van der Waals surface area contributed by atoms with Gasteiger partial charge < -0.3 is 14.1 Å². The van der Waals surface area contributed by atoms with Crippen LogP contribution in [0.15, 0.2) is 47.3 Å². The Bertz CT molecular complexity index is 696. The lowest BCUT2D eigenvalue weighted by atomic mass is 9.87. The van der Waals surface area contributed by atoms with Gasteiger partial charge in [0.1, 0.15) is 0 Å². The van der Waals surface area contributed by atoms with Crippen LogP contribution in [0, 0.1) is 0 Å². The van der Waals surface area contributed by atoms with Crippen LogP contribution in [0.2, 0.25) is 0 Å². The predicted molar refractivity (Wildman–Crippen MR) is 92.1 cm³/mol. The summed E-state index contributed by atoms with van der Waals surface area (Å²) in [6.07, 6.45) is 7.43. The number of hydrogen-bond donors (Lipinski definition) is 0. The largest absolute Gasteiger partial charge is 0.459 e. The van der Waals surface area contributed by atoms with Crippen molar-refractivity contribution >= 4 is 5.91 Å². The molecule has 2 aromatic rings. The third-order valence-electron chi connectivity index (χ3n) is 5.38. The summed E-state index contributed by atoms with van der Waals surface area (Å²) in [4.78, 5) is 21.0. The second-order valence-corrected chi connectivity index (χ2v) is 6.70. The molecule has 0 spiro atoms. The summed E-state index contributed by atoms with van der Waals surface area (Å²) in [5, 5.41) is 0. The molecule has 2 saturated heterocycles. The molecule has 2 fully saturated rings. The Kier molecular flexibility index (Phi) is 4.55. The molecule has 0 saturated carbocycles. The van der Waals surface area contributed by atoms with E-state index < -0.39 is 0 Å². The van der Waals surface area contributed by atoms with Gasteiger partial charge >= 0.3 is 0 Å². The van der Waals surface area contributed by atoms with E-state index in [1.807, 2.05) is 17.2 Å².